The van der Waals surface area contributed by atoms with E-state index in [1.54, 1.807) is 55.4 Å². The van der Waals surface area contributed by atoms with Crippen LogP contribution in [0.3, 0.4) is 0 Å². The Kier molecular flexibility index (Phi) is 28.9. The normalized spacial score (nSPS) is 11.2. The van der Waals surface area contributed by atoms with Crippen molar-refractivity contribution in [2.75, 3.05) is 20.1 Å². The van der Waals surface area contributed by atoms with Crippen LogP contribution in [0.1, 0.15) is 61.0 Å². The minimum atomic E-state index is -3.58. The molecule has 0 heterocycles. The molecule has 0 aliphatic carbocycles. The van der Waals surface area contributed by atoms with Crippen LogP contribution in [-0.4, -0.2) is 59.8 Å². The molecule has 0 aliphatic rings. The molecule has 3 aromatic rings. The maximum atomic E-state index is 12.8. The number of nitrogens with zero attached hydrogens (tertiary/aromatic N) is 3. The van der Waals surface area contributed by atoms with E-state index in [9.17, 15) is 13.7 Å². The van der Waals surface area contributed by atoms with E-state index in [-0.39, 0.29) is 74.7 Å². The van der Waals surface area contributed by atoms with Crippen molar-refractivity contribution in [3.63, 3.8) is 0 Å². The minimum absolute atomic E-state index is 0. The van der Waals surface area contributed by atoms with Crippen molar-refractivity contribution in [2.45, 2.75) is 86.0 Å². The summed E-state index contributed by atoms with van der Waals surface area (Å²) >= 11 is 0. The van der Waals surface area contributed by atoms with Gasteiger partial charge in [-0.2, -0.15) is 0 Å². The van der Waals surface area contributed by atoms with Crippen molar-refractivity contribution < 1.29 is 94.3 Å². The van der Waals surface area contributed by atoms with E-state index in [1.807, 2.05) is 36.4 Å². The summed E-state index contributed by atoms with van der Waals surface area (Å²) in [6, 6.07) is 18.4. The first kappa shape index (κ1) is 56.8. The number of benzene rings is 3. The quantitative estimate of drug-likeness (QED) is 0.0628. The Bertz CT molecular complexity index is 1600. The molecule has 0 atom stereocenters. The maximum Gasteiger partial charge on any atom is 3.00 e. The van der Waals surface area contributed by atoms with Crippen LogP contribution >= 0.6 is 22.8 Å². The molecule has 0 amide bonds. The monoisotopic (exact) mass is 994 g/mol. The number of hydrogen-bond donors (Lipinski definition) is 0. The van der Waals surface area contributed by atoms with Crippen LogP contribution in [0.15, 0.2) is 54.6 Å². The zero-order valence-corrected chi connectivity index (χ0v) is 36.5. The Labute approximate surface area is 348 Å². The molecule has 315 valence electrons. The summed E-state index contributed by atoms with van der Waals surface area (Å²) in [6.07, 6.45) is -1.01. The van der Waals surface area contributed by atoms with Gasteiger partial charge in [0.25, 0.3) is 0 Å². The summed E-state index contributed by atoms with van der Waals surface area (Å²) in [7, 11) is -7.41. The molecule has 3 aromatic carbocycles. The van der Waals surface area contributed by atoms with Crippen molar-refractivity contribution in [3.8, 4) is 0 Å². The van der Waals surface area contributed by atoms with Gasteiger partial charge in [-0.25, -0.2) is 0 Å². The average molecular weight is 993 g/mol. The molecule has 3 rings (SSSR count). The molecule has 0 unspecified atom stereocenters. The van der Waals surface area contributed by atoms with Gasteiger partial charge in [0.1, 0.15) is 0 Å². The van der Waals surface area contributed by atoms with E-state index in [0.717, 1.165) is 27.1 Å². The second-order valence-electron chi connectivity index (χ2n) is 11.6. The second kappa shape index (κ2) is 28.0. The Hall–Kier alpha value is -2.50. The van der Waals surface area contributed by atoms with Gasteiger partial charge in [-0.1, -0.05) is 48.5 Å². The largest absolute Gasteiger partial charge is 3.00 e. The number of rotatable bonds is 14. The predicted molar refractivity (Wildman–Crippen MR) is 203 cm³/mol. The van der Waals surface area contributed by atoms with Crippen LogP contribution in [-0.2, 0) is 47.0 Å². The van der Waals surface area contributed by atoms with Crippen molar-refractivity contribution in [3.05, 3.63) is 106 Å². The smallest absolute Gasteiger partial charge is 0.356 e. The zero-order valence-electron chi connectivity index (χ0n) is 31.8. The maximum absolute atomic E-state index is 12.8. The van der Waals surface area contributed by atoms with Gasteiger partial charge in [0.2, 0.25) is 0 Å². The molecule has 0 aliphatic heterocycles. The Morgan fingerprint density at radius 2 is 0.782 bits per heavy atom. The molecular formula is C30H47DyN3O18P3. The van der Waals surface area contributed by atoms with Gasteiger partial charge >= 0.3 is 61.0 Å². The third kappa shape index (κ3) is 26.9. The topological polar surface area (TPSA) is 305 Å². The van der Waals surface area contributed by atoms with Crippen molar-refractivity contribution in [1.82, 2.24) is 0 Å². The zero-order chi connectivity index (χ0) is 42.4. The van der Waals surface area contributed by atoms with Crippen LogP contribution in [0, 0.1) is 84.1 Å². The van der Waals surface area contributed by atoms with Gasteiger partial charge in [0, 0.05) is 14.2 Å². The summed E-state index contributed by atoms with van der Waals surface area (Å²) in [5.41, 5.74) is 1.01. The SMILES string of the molecule is CC(C)OP(=O)(CP(=O)(OC(C)C)OC(C)C)OC(C)C.COP(=O)(Cc1c2ccccc2cc2ccccc12)OC.O=[N+]([O-])[O-].O=[N+]([O-])[O-].O=[N+]([O-])[O-].[Dy+3]. The number of fused-ring (bicyclic) bond motifs is 2. The molecule has 0 aromatic heterocycles. The van der Waals surface area contributed by atoms with Crippen LogP contribution in [0.2, 0.25) is 0 Å². The van der Waals surface area contributed by atoms with Gasteiger partial charge < -0.3 is 73.1 Å². The summed E-state index contributed by atoms with van der Waals surface area (Å²) in [4.78, 5) is 24.8. The number of hydrogen-bond acceptors (Lipinski definition) is 18. The Morgan fingerprint density at radius 3 is 1.02 bits per heavy atom. The third-order valence-electron chi connectivity index (χ3n) is 5.62. The summed E-state index contributed by atoms with van der Waals surface area (Å²) in [6.45, 7) is 14.0. The first-order valence-corrected chi connectivity index (χ1v) is 20.9. The molecule has 0 saturated heterocycles. The summed E-state index contributed by atoms with van der Waals surface area (Å²) in [5.74, 6) is -0.382. The Balaban J connectivity index is -0.000000749. The molecule has 25 heteroatoms. The molecule has 55 heavy (non-hydrogen) atoms. The van der Waals surface area contributed by atoms with Crippen LogP contribution in [0.25, 0.3) is 21.5 Å². The Morgan fingerprint density at radius 1 is 0.527 bits per heavy atom. The van der Waals surface area contributed by atoms with E-state index in [1.165, 1.54) is 14.2 Å². The molecular weight excluding hydrogens is 946 g/mol. The van der Waals surface area contributed by atoms with Gasteiger partial charge in [-0.3, -0.25) is 13.7 Å². The minimum Gasteiger partial charge on any atom is -0.356 e. The first-order valence-electron chi connectivity index (χ1n) is 15.7. The summed E-state index contributed by atoms with van der Waals surface area (Å²) < 4.78 is 70.1. The molecule has 0 saturated carbocycles. The summed E-state index contributed by atoms with van der Waals surface area (Å²) in [5, 5.41) is 48.7. The van der Waals surface area contributed by atoms with E-state index in [0.29, 0.717) is 0 Å². The van der Waals surface area contributed by atoms with Gasteiger partial charge in [0.15, 0.2) is 5.90 Å². The molecule has 0 fully saturated rings. The standard InChI is InChI=1S/C17H17O3P.C13H30O6P2.Dy.3NO3/c1-19-21(18,20-2)12-17-15-9-5-3-7-13(15)11-14-8-4-6-10-16(14)17;1-10(2)16-20(14,17-11(3)4)9-21(15,18-12(5)6)19-13(7)8;;3*2-1(3)4/h3-11H,12H2,1-2H3;10-13H,9H2,1-8H3;;;;/q;;+3;3*-1. The molecule has 0 spiro atoms. The molecule has 0 bridgehead atoms. The third-order valence-corrected chi connectivity index (χ3v) is 13.2. The second-order valence-corrected chi connectivity index (χ2v) is 18.3. The fourth-order valence-electron chi connectivity index (χ4n) is 4.36. The fraction of sp³-hybridized carbons (Fsp3) is 0.533. The van der Waals surface area contributed by atoms with E-state index in [4.69, 9.17) is 73.1 Å². The van der Waals surface area contributed by atoms with Crippen LogP contribution < -0.4 is 0 Å². The van der Waals surface area contributed by atoms with E-state index >= 15 is 0 Å². The molecule has 1 radical (unpaired) electrons. The van der Waals surface area contributed by atoms with Gasteiger partial charge in [-0.05, 0) is 88.6 Å². The van der Waals surface area contributed by atoms with Gasteiger partial charge in [-0.15, -0.1) is 0 Å². The average Bonchev–Trinajstić information content (AvgIpc) is 2.98. The predicted octanol–water partition coefficient (Wildman–Crippen LogP) is 9.29. The first-order chi connectivity index (χ1) is 24.7. The van der Waals surface area contributed by atoms with Crippen molar-refractivity contribution in [2.24, 2.45) is 0 Å². The van der Waals surface area contributed by atoms with Crippen LogP contribution in [0.5, 0.6) is 0 Å². The van der Waals surface area contributed by atoms with E-state index < -0.39 is 38.0 Å². The van der Waals surface area contributed by atoms with Crippen molar-refractivity contribution in [1.29, 1.82) is 0 Å². The molecule has 21 nitrogen and oxygen atoms in total. The van der Waals surface area contributed by atoms with E-state index in [2.05, 4.69) is 18.2 Å². The van der Waals surface area contributed by atoms with Crippen LogP contribution in [0.4, 0.5) is 0 Å². The van der Waals surface area contributed by atoms with Crippen molar-refractivity contribution >= 4 is 44.3 Å². The van der Waals surface area contributed by atoms with Gasteiger partial charge in [0.05, 0.1) is 45.8 Å². The fourth-order valence-corrected chi connectivity index (χ4v) is 10.9. The molecule has 0 N–H and O–H groups in total.